The fourth-order valence-corrected chi connectivity index (χ4v) is 1.79. The van der Waals surface area contributed by atoms with Gasteiger partial charge < -0.3 is 10.1 Å². The second-order valence-corrected chi connectivity index (χ2v) is 4.25. The van der Waals surface area contributed by atoms with Crippen LogP contribution in [0.2, 0.25) is 0 Å². The summed E-state index contributed by atoms with van der Waals surface area (Å²) in [6.45, 7) is 3.21. The molecule has 1 saturated heterocycles. The molecule has 0 spiro atoms. The van der Waals surface area contributed by atoms with Crippen LogP contribution in [0.4, 0.5) is 13.2 Å². The smallest absolute Gasteiger partial charge is 0.371 e. The molecular formula is C12H14F3NO. The van der Waals surface area contributed by atoms with Crippen molar-refractivity contribution in [1.82, 2.24) is 5.32 Å². The fourth-order valence-electron chi connectivity index (χ4n) is 1.79. The van der Waals surface area contributed by atoms with Crippen LogP contribution in [-0.4, -0.2) is 19.2 Å². The second kappa shape index (κ2) is 4.66. The first-order valence-corrected chi connectivity index (χ1v) is 5.49. The zero-order chi connectivity index (χ0) is 12.5. The Morgan fingerprint density at radius 1 is 1.24 bits per heavy atom. The first-order chi connectivity index (χ1) is 7.97. The lowest BCUT2D eigenvalue weighted by Crippen LogP contribution is -2.40. The van der Waals surface area contributed by atoms with E-state index in [0.717, 1.165) is 17.7 Å². The highest BCUT2D eigenvalue weighted by Gasteiger charge is 2.30. The predicted octanol–water partition coefficient (Wildman–Crippen LogP) is 2.75. The lowest BCUT2D eigenvalue weighted by Gasteiger charge is -2.28. The molecule has 1 N–H and O–H groups in total. The molecule has 94 valence electrons. The minimum Gasteiger partial charge on any atom is -0.371 e. The van der Waals surface area contributed by atoms with E-state index in [0.29, 0.717) is 19.2 Å². The van der Waals surface area contributed by atoms with Crippen LogP contribution in [-0.2, 0) is 10.9 Å². The summed E-state index contributed by atoms with van der Waals surface area (Å²) >= 11 is 0. The monoisotopic (exact) mass is 245 g/mol. The van der Waals surface area contributed by atoms with Crippen LogP contribution in [0.15, 0.2) is 24.3 Å². The van der Waals surface area contributed by atoms with Gasteiger partial charge in [-0.15, -0.1) is 0 Å². The largest absolute Gasteiger partial charge is 0.416 e. The third kappa shape index (κ3) is 2.98. The average molecular weight is 245 g/mol. The summed E-state index contributed by atoms with van der Waals surface area (Å²) in [5.41, 5.74) is 0.149. The molecule has 1 aromatic carbocycles. The summed E-state index contributed by atoms with van der Waals surface area (Å²) in [6, 6.07) is 5.43. The summed E-state index contributed by atoms with van der Waals surface area (Å²) in [7, 11) is 0. The van der Waals surface area contributed by atoms with Crippen LogP contribution in [0.5, 0.6) is 0 Å². The molecule has 1 aliphatic heterocycles. The van der Waals surface area contributed by atoms with Crippen molar-refractivity contribution < 1.29 is 17.9 Å². The summed E-state index contributed by atoms with van der Waals surface area (Å²) in [5.74, 6) is 0. The molecule has 0 amide bonds. The summed E-state index contributed by atoms with van der Waals surface area (Å²) in [4.78, 5) is 0. The zero-order valence-electron chi connectivity index (χ0n) is 9.42. The quantitative estimate of drug-likeness (QED) is 0.821. The van der Waals surface area contributed by atoms with Gasteiger partial charge in [0, 0.05) is 12.6 Å². The fraction of sp³-hybridized carbons (Fsp3) is 0.500. The van der Waals surface area contributed by atoms with E-state index in [2.05, 4.69) is 5.32 Å². The lowest BCUT2D eigenvalue weighted by atomic mass is 10.1. The minimum atomic E-state index is -4.28. The molecule has 2 atom stereocenters. The van der Waals surface area contributed by atoms with Gasteiger partial charge in [-0.05, 0) is 24.6 Å². The summed E-state index contributed by atoms with van der Waals surface area (Å²) in [5, 5.41) is 3.23. The maximum atomic E-state index is 12.4. The van der Waals surface area contributed by atoms with Gasteiger partial charge in [0.2, 0.25) is 0 Å². The van der Waals surface area contributed by atoms with E-state index in [-0.39, 0.29) is 6.10 Å². The van der Waals surface area contributed by atoms with E-state index < -0.39 is 11.7 Å². The molecule has 2 rings (SSSR count). The van der Waals surface area contributed by atoms with Crippen molar-refractivity contribution >= 4 is 0 Å². The topological polar surface area (TPSA) is 21.3 Å². The number of halogens is 3. The van der Waals surface area contributed by atoms with Gasteiger partial charge in [-0.2, -0.15) is 13.2 Å². The number of nitrogens with one attached hydrogen (secondary N) is 1. The zero-order valence-corrected chi connectivity index (χ0v) is 9.42. The predicted molar refractivity (Wildman–Crippen MR) is 57.6 cm³/mol. The summed E-state index contributed by atoms with van der Waals surface area (Å²) in [6.07, 6.45) is -4.44. The van der Waals surface area contributed by atoms with Crippen molar-refractivity contribution in [1.29, 1.82) is 0 Å². The van der Waals surface area contributed by atoms with Crippen LogP contribution in [0.3, 0.4) is 0 Å². The molecule has 0 unspecified atom stereocenters. The highest BCUT2D eigenvalue weighted by atomic mass is 19.4. The highest BCUT2D eigenvalue weighted by molar-refractivity contribution is 5.26. The molecule has 0 saturated carbocycles. The molecular weight excluding hydrogens is 231 g/mol. The summed E-state index contributed by atoms with van der Waals surface area (Å²) < 4.78 is 42.7. The average Bonchev–Trinajstić information content (AvgIpc) is 2.29. The highest BCUT2D eigenvalue weighted by Crippen LogP contribution is 2.30. The van der Waals surface area contributed by atoms with Crippen molar-refractivity contribution in [3.63, 3.8) is 0 Å². The molecule has 0 aliphatic carbocycles. The third-order valence-corrected chi connectivity index (χ3v) is 2.81. The lowest BCUT2D eigenvalue weighted by molar-refractivity contribution is -0.137. The maximum Gasteiger partial charge on any atom is 0.416 e. The van der Waals surface area contributed by atoms with Gasteiger partial charge in [0.05, 0.1) is 18.3 Å². The molecule has 5 heteroatoms. The minimum absolute atomic E-state index is 0.159. The van der Waals surface area contributed by atoms with Crippen molar-refractivity contribution in [2.45, 2.75) is 25.2 Å². The Labute approximate surface area is 97.8 Å². The van der Waals surface area contributed by atoms with Crippen molar-refractivity contribution in [2.75, 3.05) is 13.2 Å². The number of hydrogen-bond acceptors (Lipinski definition) is 2. The van der Waals surface area contributed by atoms with Crippen LogP contribution >= 0.6 is 0 Å². The number of benzene rings is 1. The van der Waals surface area contributed by atoms with Gasteiger partial charge in [0.25, 0.3) is 0 Å². The van der Waals surface area contributed by atoms with E-state index in [9.17, 15) is 13.2 Å². The number of hydrogen-bond donors (Lipinski definition) is 1. The standard InChI is InChI=1S/C12H14F3NO/c1-8-7-17-11(6-16-8)9-2-4-10(5-3-9)12(13,14)15/h2-5,8,11,16H,6-7H2,1H3/t8-,11+/m1/s1. The van der Waals surface area contributed by atoms with Gasteiger partial charge in [-0.1, -0.05) is 12.1 Å². The first kappa shape index (κ1) is 12.4. The molecule has 1 aromatic rings. The number of alkyl halides is 3. The van der Waals surface area contributed by atoms with E-state index in [1.807, 2.05) is 6.92 Å². The second-order valence-electron chi connectivity index (χ2n) is 4.25. The molecule has 0 bridgehead atoms. The maximum absolute atomic E-state index is 12.4. The Hall–Kier alpha value is -1.07. The molecule has 1 aliphatic rings. The SMILES string of the molecule is C[C@@H]1CO[C@H](c2ccc(C(F)(F)F)cc2)CN1. The van der Waals surface area contributed by atoms with Crippen LogP contribution in [0.25, 0.3) is 0 Å². The Morgan fingerprint density at radius 2 is 1.88 bits per heavy atom. The molecule has 1 heterocycles. The number of rotatable bonds is 1. The van der Waals surface area contributed by atoms with Crippen molar-refractivity contribution in [2.24, 2.45) is 0 Å². The normalized spacial score (nSPS) is 25.9. The molecule has 2 nitrogen and oxygen atoms in total. The number of ether oxygens (including phenoxy) is 1. The Bertz CT molecular complexity index is 366. The van der Waals surface area contributed by atoms with Crippen LogP contribution in [0.1, 0.15) is 24.2 Å². The number of morpholine rings is 1. The van der Waals surface area contributed by atoms with Gasteiger partial charge in [-0.25, -0.2) is 0 Å². The van der Waals surface area contributed by atoms with Gasteiger partial charge >= 0.3 is 6.18 Å². The van der Waals surface area contributed by atoms with E-state index >= 15 is 0 Å². The van der Waals surface area contributed by atoms with Gasteiger partial charge in [-0.3, -0.25) is 0 Å². The van der Waals surface area contributed by atoms with E-state index in [1.165, 1.54) is 12.1 Å². The molecule has 0 radical (unpaired) electrons. The molecule has 17 heavy (non-hydrogen) atoms. The first-order valence-electron chi connectivity index (χ1n) is 5.49. The Balaban J connectivity index is 2.08. The Morgan fingerprint density at radius 3 is 2.35 bits per heavy atom. The Kier molecular flexibility index (Phi) is 3.40. The van der Waals surface area contributed by atoms with Crippen LogP contribution < -0.4 is 5.32 Å². The van der Waals surface area contributed by atoms with Gasteiger partial charge in [0.1, 0.15) is 0 Å². The van der Waals surface area contributed by atoms with E-state index in [4.69, 9.17) is 4.74 Å². The molecule has 0 aromatic heterocycles. The van der Waals surface area contributed by atoms with Crippen molar-refractivity contribution in [3.8, 4) is 0 Å². The molecule has 1 fully saturated rings. The third-order valence-electron chi connectivity index (χ3n) is 2.81. The van der Waals surface area contributed by atoms with Gasteiger partial charge in [0.15, 0.2) is 0 Å². The van der Waals surface area contributed by atoms with E-state index in [1.54, 1.807) is 0 Å². The van der Waals surface area contributed by atoms with Crippen LogP contribution in [0, 0.1) is 0 Å². The van der Waals surface area contributed by atoms with Crippen molar-refractivity contribution in [3.05, 3.63) is 35.4 Å².